The number of halogens is 3. The van der Waals surface area contributed by atoms with Crippen LogP contribution in [0.15, 0.2) is 22.2 Å². The summed E-state index contributed by atoms with van der Waals surface area (Å²) in [6.07, 6.45) is 2.31. The number of benzene rings is 1. The Balaban J connectivity index is 2.19. The molecule has 0 saturated carbocycles. The van der Waals surface area contributed by atoms with Crippen molar-refractivity contribution in [3.8, 4) is 0 Å². The molecule has 94 valence electrons. The number of anilines is 1. The minimum absolute atomic E-state index is 0.467. The average molecular weight is 304 g/mol. The van der Waals surface area contributed by atoms with E-state index in [-0.39, 0.29) is 0 Å². The number of hydrogen-bond acceptors (Lipinski definition) is 4. The Hall–Kier alpha value is -0.970. The quantitative estimate of drug-likeness (QED) is 0.634. The zero-order valence-electron chi connectivity index (χ0n) is 9.41. The molecule has 0 saturated heterocycles. The lowest BCUT2D eigenvalue weighted by Crippen LogP contribution is -2.50. The summed E-state index contributed by atoms with van der Waals surface area (Å²) in [7, 11) is 0. The van der Waals surface area contributed by atoms with Gasteiger partial charge in [-0.2, -0.15) is 5.10 Å². The van der Waals surface area contributed by atoms with Gasteiger partial charge in [0.1, 0.15) is 0 Å². The van der Waals surface area contributed by atoms with Crippen LogP contribution in [0, 0.1) is 0 Å². The maximum Gasteiger partial charge on any atom is 0.208 e. The normalized spacial score (nSPS) is 24.4. The SMILES string of the molecule is CCC1(Cl)NN=C2C=Nc3cc(Cl)c(Cl)cc3N21. The van der Waals surface area contributed by atoms with E-state index in [1.54, 1.807) is 18.3 Å². The minimum Gasteiger partial charge on any atom is -0.283 e. The highest BCUT2D eigenvalue weighted by atomic mass is 35.5. The predicted molar refractivity (Wildman–Crippen MR) is 76.5 cm³/mol. The van der Waals surface area contributed by atoms with Crippen LogP contribution in [-0.2, 0) is 0 Å². The molecule has 0 amide bonds. The molecule has 0 aliphatic carbocycles. The molecule has 2 aliphatic heterocycles. The number of fused-ring (bicyclic) bond motifs is 3. The lowest BCUT2D eigenvalue weighted by molar-refractivity contribution is 0.501. The maximum atomic E-state index is 6.51. The topological polar surface area (TPSA) is 40.0 Å². The fraction of sp³-hybridized carbons (Fsp3) is 0.273. The predicted octanol–water partition coefficient (Wildman–Crippen LogP) is 3.74. The fourth-order valence-corrected chi connectivity index (χ4v) is 2.53. The van der Waals surface area contributed by atoms with E-state index in [0.717, 1.165) is 11.4 Å². The summed E-state index contributed by atoms with van der Waals surface area (Å²) in [6, 6.07) is 3.48. The Morgan fingerprint density at radius 3 is 2.78 bits per heavy atom. The Morgan fingerprint density at radius 1 is 1.33 bits per heavy atom. The number of hydrazone groups is 1. The zero-order valence-corrected chi connectivity index (χ0v) is 11.7. The molecule has 18 heavy (non-hydrogen) atoms. The van der Waals surface area contributed by atoms with Crippen LogP contribution in [0.2, 0.25) is 10.0 Å². The second-order valence-electron chi connectivity index (χ2n) is 4.04. The van der Waals surface area contributed by atoms with Gasteiger partial charge in [-0.15, -0.1) is 0 Å². The van der Waals surface area contributed by atoms with Gasteiger partial charge in [-0.05, 0) is 12.1 Å². The van der Waals surface area contributed by atoms with Crippen LogP contribution in [0.1, 0.15) is 13.3 Å². The van der Waals surface area contributed by atoms with Gasteiger partial charge in [0.15, 0.2) is 5.84 Å². The summed E-state index contributed by atoms with van der Waals surface area (Å²) in [5.74, 6) is 0.665. The number of alkyl halides is 1. The highest BCUT2D eigenvalue weighted by Gasteiger charge is 2.43. The molecule has 7 heteroatoms. The van der Waals surface area contributed by atoms with Crippen molar-refractivity contribution in [1.82, 2.24) is 5.43 Å². The molecule has 2 heterocycles. The number of rotatable bonds is 1. The van der Waals surface area contributed by atoms with Gasteiger partial charge in [-0.1, -0.05) is 41.7 Å². The number of nitrogens with zero attached hydrogens (tertiary/aromatic N) is 3. The summed E-state index contributed by atoms with van der Waals surface area (Å²) in [5, 5.41) is 4.32. The summed E-state index contributed by atoms with van der Waals surface area (Å²) in [5.41, 5.74) is 4.44. The number of nitrogens with one attached hydrogen (secondary N) is 1. The number of aliphatic imine (C=N–C) groups is 1. The first-order valence-corrected chi connectivity index (χ1v) is 6.55. The molecule has 1 aromatic carbocycles. The van der Waals surface area contributed by atoms with Crippen LogP contribution in [0.3, 0.4) is 0 Å². The van der Waals surface area contributed by atoms with Crippen LogP contribution < -0.4 is 10.3 Å². The summed E-state index contributed by atoms with van der Waals surface area (Å²) >= 11 is 18.6. The lowest BCUT2D eigenvalue weighted by Gasteiger charge is -2.35. The van der Waals surface area contributed by atoms with Crippen LogP contribution >= 0.6 is 34.8 Å². The van der Waals surface area contributed by atoms with Crippen molar-refractivity contribution in [1.29, 1.82) is 0 Å². The Bertz CT molecular complexity index is 584. The van der Waals surface area contributed by atoms with E-state index in [9.17, 15) is 0 Å². The van der Waals surface area contributed by atoms with Crippen molar-refractivity contribution in [3.63, 3.8) is 0 Å². The Labute approximate surface area is 119 Å². The van der Waals surface area contributed by atoms with E-state index in [4.69, 9.17) is 34.8 Å². The Kier molecular flexibility index (Phi) is 2.70. The molecule has 1 unspecified atom stereocenters. The maximum absolute atomic E-state index is 6.51. The Morgan fingerprint density at radius 2 is 2.06 bits per heavy atom. The molecule has 0 radical (unpaired) electrons. The van der Waals surface area contributed by atoms with Crippen LogP contribution in [0.5, 0.6) is 0 Å². The van der Waals surface area contributed by atoms with Gasteiger partial charge in [0.2, 0.25) is 5.12 Å². The van der Waals surface area contributed by atoms with Gasteiger partial charge in [-0.25, -0.2) is 0 Å². The van der Waals surface area contributed by atoms with Crippen LogP contribution in [-0.4, -0.2) is 17.2 Å². The van der Waals surface area contributed by atoms with Crippen molar-refractivity contribution in [2.24, 2.45) is 10.1 Å². The van der Waals surface area contributed by atoms with Crippen molar-refractivity contribution >= 4 is 58.2 Å². The van der Waals surface area contributed by atoms with Crippen LogP contribution in [0.4, 0.5) is 11.4 Å². The second-order valence-corrected chi connectivity index (χ2v) is 5.48. The van der Waals surface area contributed by atoms with E-state index >= 15 is 0 Å². The summed E-state index contributed by atoms with van der Waals surface area (Å²) in [6.45, 7) is 1.97. The molecule has 0 bridgehead atoms. The van der Waals surface area contributed by atoms with Gasteiger partial charge in [0.05, 0.1) is 27.6 Å². The molecule has 0 spiro atoms. The summed E-state index contributed by atoms with van der Waals surface area (Å²) in [4.78, 5) is 6.17. The second kappa shape index (κ2) is 4.02. The standard InChI is InChI=1S/C11H9Cl3N4/c1-2-11(14)17-16-10-5-15-8-3-6(12)7(13)4-9(8)18(10)11/h3-5,17H,2H2,1H3. The molecule has 0 aromatic heterocycles. The molecule has 3 rings (SSSR count). The van der Waals surface area contributed by atoms with E-state index in [0.29, 0.717) is 22.3 Å². The molecular formula is C11H9Cl3N4. The fourth-order valence-electron chi connectivity index (χ4n) is 2.00. The molecule has 1 atom stereocenters. The lowest BCUT2D eigenvalue weighted by atomic mass is 10.2. The van der Waals surface area contributed by atoms with E-state index < -0.39 is 5.12 Å². The zero-order chi connectivity index (χ0) is 12.9. The molecule has 4 nitrogen and oxygen atoms in total. The smallest absolute Gasteiger partial charge is 0.208 e. The third kappa shape index (κ3) is 1.60. The van der Waals surface area contributed by atoms with Gasteiger partial charge in [-0.3, -0.25) is 15.3 Å². The first kappa shape index (κ1) is 12.1. The molecule has 1 N–H and O–H groups in total. The van der Waals surface area contributed by atoms with Crippen LogP contribution in [0.25, 0.3) is 0 Å². The number of hydrogen-bond donors (Lipinski definition) is 1. The third-order valence-electron chi connectivity index (χ3n) is 2.97. The molecule has 2 aliphatic rings. The van der Waals surface area contributed by atoms with Gasteiger partial charge >= 0.3 is 0 Å². The van der Waals surface area contributed by atoms with Crippen molar-refractivity contribution in [2.45, 2.75) is 18.5 Å². The van der Waals surface area contributed by atoms with E-state index in [1.807, 2.05) is 11.8 Å². The summed E-state index contributed by atoms with van der Waals surface area (Å²) < 4.78 is 0. The molecule has 0 fully saturated rings. The average Bonchev–Trinajstić information content (AvgIpc) is 2.70. The van der Waals surface area contributed by atoms with Gasteiger partial charge in [0, 0.05) is 6.42 Å². The highest BCUT2D eigenvalue weighted by molar-refractivity contribution is 6.45. The monoisotopic (exact) mass is 302 g/mol. The number of amidine groups is 1. The first-order valence-electron chi connectivity index (χ1n) is 5.42. The van der Waals surface area contributed by atoms with Gasteiger partial charge in [0.25, 0.3) is 0 Å². The highest BCUT2D eigenvalue weighted by Crippen LogP contribution is 2.43. The van der Waals surface area contributed by atoms with E-state index in [1.165, 1.54) is 0 Å². The van der Waals surface area contributed by atoms with Crippen molar-refractivity contribution in [2.75, 3.05) is 4.90 Å². The largest absolute Gasteiger partial charge is 0.283 e. The first-order chi connectivity index (χ1) is 8.55. The third-order valence-corrected chi connectivity index (χ3v) is 4.21. The van der Waals surface area contributed by atoms with Crippen molar-refractivity contribution < 1.29 is 0 Å². The molecule has 1 aromatic rings. The molecular weight excluding hydrogens is 295 g/mol. The van der Waals surface area contributed by atoms with Crippen molar-refractivity contribution in [3.05, 3.63) is 22.2 Å². The van der Waals surface area contributed by atoms with E-state index in [2.05, 4.69) is 15.5 Å². The van der Waals surface area contributed by atoms with Gasteiger partial charge < -0.3 is 0 Å². The minimum atomic E-state index is -0.784.